The first-order valence-corrected chi connectivity index (χ1v) is 5.71. The Kier molecular flexibility index (Phi) is 4.39. The quantitative estimate of drug-likeness (QED) is 0.533. The van der Waals surface area contributed by atoms with Crippen LogP contribution in [0.25, 0.3) is 0 Å². The summed E-state index contributed by atoms with van der Waals surface area (Å²) in [6.45, 7) is 2.81. The first-order chi connectivity index (χ1) is 7.06. The van der Waals surface area contributed by atoms with E-state index in [2.05, 4.69) is 6.92 Å². The number of carbonyl (C=O) groups excluding carboxylic acids is 2. The minimum absolute atomic E-state index is 0.0967. The minimum atomic E-state index is -0.182. The lowest BCUT2D eigenvalue weighted by Gasteiger charge is -2.16. The van der Waals surface area contributed by atoms with Crippen LogP contribution in [0.15, 0.2) is 0 Å². The molecule has 0 aromatic heterocycles. The van der Waals surface area contributed by atoms with Crippen LogP contribution in [0.5, 0.6) is 0 Å². The molecular formula is C10H17ClN2O2. The Balaban J connectivity index is 2.38. The van der Waals surface area contributed by atoms with Crippen LogP contribution >= 0.6 is 11.6 Å². The number of halogens is 1. The highest BCUT2D eigenvalue weighted by Crippen LogP contribution is 2.13. The van der Waals surface area contributed by atoms with Gasteiger partial charge in [-0.3, -0.25) is 9.69 Å². The Bertz CT molecular complexity index is 258. The second kappa shape index (κ2) is 5.35. The predicted octanol–water partition coefficient (Wildman–Crippen LogP) is 1.54. The SMILES string of the molecule is CC(CCCl)CCN1C(=O)CN(C)C1=O. The molecule has 5 heteroatoms. The third-order valence-corrected chi connectivity index (χ3v) is 2.90. The van der Waals surface area contributed by atoms with Gasteiger partial charge in [0.15, 0.2) is 0 Å². The molecule has 0 N–H and O–H groups in total. The average Bonchev–Trinajstić information content (AvgIpc) is 2.40. The molecule has 0 saturated carbocycles. The fourth-order valence-electron chi connectivity index (χ4n) is 1.57. The van der Waals surface area contributed by atoms with Crippen LogP contribution in [0, 0.1) is 5.92 Å². The third kappa shape index (κ3) is 3.09. The summed E-state index contributed by atoms with van der Waals surface area (Å²) in [5.41, 5.74) is 0. The van der Waals surface area contributed by atoms with Gasteiger partial charge in [0.1, 0.15) is 6.54 Å². The Morgan fingerprint density at radius 3 is 2.53 bits per heavy atom. The van der Waals surface area contributed by atoms with Gasteiger partial charge >= 0.3 is 6.03 Å². The average molecular weight is 233 g/mol. The molecule has 0 spiro atoms. The van der Waals surface area contributed by atoms with Crippen LogP contribution in [0.3, 0.4) is 0 Å². The molecule has 0 bridgehead atoms. The van der Waals surface area contributed by atoms with Gasteiger partial charge in [0.05, 0.1) is 0 Å². The van der Waals surface area contributed by atoms with Crippen LogP contribution in [0.2, 0.25) is 0 Å². The molecule has 0 radical (unpaired) electrons. The van der Waals surface area contributed by atoms with Crippen molar-refractivity contribution in [3.63, 3.8) is 0 Å². The summed E-state index contributed by atoms with van der Waals surface area (Å²) < 4.78 is 0. The zero-order valence-electron chi connectivity index (χ0n) is 9.20. The number of imide groups is 1. The molecule has 1 aliphatic rings. The smallest absolute Gasteiger partial charge is 0.318 e. The molecule has 86 valence electrons. The zero-order valence-corrected chi connectivity index (χ0v) is 9.96. The molecule has 3 amide bonds. The summed E-state index contributed by atoms with van der Waals surface area (Å²) in [5.74, 6) is 0.984. The fraction of sp³-hybridized carbons (Fsp3) is 0.800. The van der Waals surface area contributed by atoms with Gasteiger partial charge in [-0.15, -0.1) is 11.6 Å². The van der Waals surface area contributed by atoms with Crippen molar-refractivity contribution in [1.29, 1.82) is 0 Å². The number of urea groups is 1. The van der Waals surface area contributed by atoms with Crippen molar-refractivity contribution in [1.82, 2.24) is 9.80 Å². The van der Waals surface area contributed by atoms with E-state index in [1.807, 2.05) is 0 Å². The molecule has 1 atom stereocenters. The monoisotopic (exact) mass is 232 g/mol. The van der Waals surface area contributed by atoms with Crippen molar-refractivity contribution in [3.05, 3.63) is 0 Å². The number of hydrogen-bond donors (Lipinski definition) is 0. The molecule has 0 aromatic rings. The van der Waals surface area contributed by atoms with E-state index in [0.29, 0.717) is 18.3 Å². The van der Waals surface area contributed by atoms with Crippen LogP contribution in [0.4, 0.5) is 4.79 Å². The van der Waals surface area contributed by atoms with Crippen molar-refractivity contribution in [3.8, 4) is 0 Å². The molecule has 1 rings (SSSR count). The molecule has 1 unspecified atom stereocenters. The van der Waals surface area contributed by atoms with Gasteiger partial charge in [0.2, 0.25) is 5.91 Å². The highest BCUT2D eigenvalue weighted by Gasteiger charge is 2.32. The van der Waals surface area contributed by atoms with E-state index in [1.54, 1.807) is 7.05 Å². The molecular weight excluding hydrogens is 216 g/mol. The summed E-state index contributed by atoms with van der Waals surface area (Å²) >= 11 is 5.62. The topological polar surface area (TPSA) is 40.6 Å². The molecule has 1 fully saturated rings. The summed E-state index contributed by atoms with van der Waals surface area (Å²) in [7, 11) is 1.64. The van der Waals surface area contributed by atoms with Crippen molar-refractivity contribution >= 4 is 23.5 Å². The molecule has 1 aliphatic heterocycles. The molecule has 1 saturated heterocycles. The number of carbonyl (C=O) groups is 2. The molecule has 0 aromatic carbocycles. The third-order valence-electron chi connectivity index (χ3n) is 2.68. The lowest BCUT2D eigenvalue weighted by Crippen LogP contribution is -2.33. The second-order valence-electron chi connectivity index (χ2n) is 4.06. The van der Waals surface area contributed by atoms with Gasteiger partial charge in [-0.25, -0.2) is 4.79 Å². The molecule has 0 aliphatic carbocycles. The van der Waals surface area contributed by atoms with Crippen LogP contribution in [-0.2, 0) is 4.79 Å². The number of alkyl halides is 1. The number of hydrogen-bond acceptors (Lipinski definition) is 2. The summed E-state index contributed by atoms with van der Waals surface area (Å²) in [6.07, 6.45) is 1.76. The Hall–Kier alpha value is -0.770. The summed E-state index contributed by atoms with van der Waals surface area (Å²) in [4.78, 5) is 25.7. The first-order valence-electron chi connectivity index (χ1n) is 5.17. The molecule has 15 heavy (non-hydrogen) atoms. The van der Waals surface area contributed by atoms with Crippen molar-refractivity contribution < 1.29 is 9.59 Å². The van der Waals surface area contributed by atoms with Gasteiger partial charge in [-0.05, 0) is 18.8 Å². The number of rotatable bonds is 5. The standard InChI is InChI=1S/C10H17ClN2O2/c1-8(3-5-11)4-6-13-9(14)7-12(2)10(13)15/h8H,3-7H2,1-2H3. The van der Waals surface area contributed by atoms with E-state index in [9.17, 15) is 9.59 Å². The van der Waals surface area contributed by atoms with Gasteiger partial charge in [-0.1, -0.05) is 6.92 Å². The van der Waals surface area contributed by atoms with E-state index < -0.39 is 0 Å². The zero-order chi connectivity index (χ0) is 11.4. The maximum absolute atomic E-state index is 11.5. The maximum atomic E-state index is 11.5. The van der Waals surface area contributed by atoms with E-state index in [-0.39, 0.29) is 18.5 Å². The second-order valence-corrected chi connectivity index (χ2v) is 4.43. The molecule has 1 heterocycles. The lowest BCUT2D eigenvalue weighted by molar-refractivity contribution is -0.125. The minimum Gasteiger partial charge on any atom is -0.318 e. The van der Waals surface area contributed by atoms with E-state index in [0.717, 1.165) is 12.8 Å². The Morgan fingerprint density at radius 2 is 2.07 bits per heavy atom. The van der Waals surface area contributed by atoms with Crippen LogP contribution < -0.4 is 0 Å². The lowest BCUT2D eigenvalue weighted by atomic mass is 10.1. The number of likely N-dealkylation sites (N-methyl/N-ethyl adjacent to an activating group) is 1. The maximum Gasteiger partial charge on any atom is 0.326 e. The van der Waals surface area contributed by atoms with Crippen molar-refractivity contribution in [2.24, 2.45) is 5.92 Å². The van der Waals surface area contributed by atoms with Crippen molar-refractivity contribution in [2.75, 3.05) is 26.0 Å². The van der Waals surface area contributed by atoms with E-state index in [4.69, 9.17) is 11.6 Å². The normalized spacial score (nSPS) is 18.9. The first kappa shape index (κ1) is 12.3. The fourth-order valence-corrected chi connectivity index (χ4v) is 1.94. The predicted molar refractivity (Wildman–Crippen MR) is 58.9 cm³/mol. The van der Waals surface area contributed by atoms with Gasteiger partial charge in [-0.2, -0.15) is 0 Å². The summed E-state index contributed by atoms with van der Waals surface area (Å²) in [6, 6.07) is -0.182. The van der Waals surface area contributed by atoms with E-state index >= 15 is 0 Å². The van der Waals surface area contributed by atoms with Crippen molar-refractivity contribution in [2.45, 2.75) is 19.8 Å². The van der Waals surface area contributed by atoms with Gasteiger partial charge < -0.3 is 4.90 Å². The van der Waals surface area contributed by atoms with Crippen LogP contribution in [0.1, 0.15) is 19.8 Å². The number of nitrogens with zero attached hydrogens (tertiary/aromatic N) is 2. The highest BCUT2D eigenvalue weighted by molar-refractivity contribution is 6.17. The highest BCUT2D eigenvalue weighted by atomic mass is 35.5. The van der Waals surface area contributed by atoms with E-state index in [1.165, 1.54) is 9.80 Å². The largest absolute Gasteiger partial charge is 0.326 e. The Labute approximate surface area is 95.2 Å². The Morgan fingerprint density at radius 1 is 1.40 bits per heavy atom. The van der Waals surface area contributed by atoms with Gasteiger partial charge in [0, 0.05) is 19.5 Å². The van der Waals surface area contributed by atoms with Gasteiger partial charge in [0.25, 0.3) is 0 Å². The molecule has 4 nitrogen and oxygen atoms in total. The number of amides is 3. The van der Waals surface area contributed by atoms with Crippen LogP contribution in [-0.4, -0.2) is 47.8 Å². The summed E-state index contributed by atoms with van der Waals surface area (Å²) in [5, 5.41) is 0.